The van der Waals surface area contributed by atoms with Gasteiger partial charge in [-0.05, 0) is 31.6 Å². The average Bonchev–Trinajstić information content (AvgIpc) is 2.78. The van der Waals surface area contributed by atoms with E-state index in [0.717, 1.165) is 17.5 Å². The van der Waals surface area contributed by atoms with Gasteiger partial charge in [0.15, 0.2) is 0 Å². The molecule has 1 aliphatic rings. The van der Waals surface area contributed by atoms with Gasteiger partial charge in [-0.3, -0.25) is 0 Å². The highest BCUT2D eigenvalue weighted by molar-refractivity contribution is 7.09. The molecule has 0 radical (unpaired) electrons. The topological polar surface area (TPSA) is 22.1 Å². The third kappa shape index (κ3) is 2.83. The molecule has 2 rings (SSSR count). The zero-order chi connectivity index (χ0) is 11.4. The molecule has 1 aliphatic carbocycles. The molecule has 16 heavy (non-hydrogen) atoms. The van der Waals surface area contributed by atoms with Gasteiger partial charge in [0.2, 0.25) is 0 Å². The van der Waals surface area contributed by atoms with E-state index in [9.17, 15) is 0 Å². The Bertz CT molecular complexity index is 315. The first kappa shape index (κ1) is 12.1. The molecule has 3 heteroatoms. The first-order valence-electron chi connectivity index (χ1n) is 6.26. The molecule has 1 fully saturated rings. The predicted octanol–water partition coefficient (Wildman–Crippen LogP) is 3.97. The van der Waals surface area contributed by atoms with E-state index in [-0.39, 0.29) is 0 Å². The van der Waals surface area contributed by atoms with Crippen molar-refractivity contribution in [1.29, 1.82) is 0 Å². The van der Waals surface area contributed by atoms with Crippen LogP contribution in [0.15, 0.2) is 5.38 Å². The molecule has 0 amide bonds. The van der Waals surface area contributed by atoms with E-state index < -0.39 is 0 Å². The maximum Gasteiger partial charge on any atom is 0.0960 e. The normalized spacial score (nSPS) is 25.9. The molecule has 0 N–H and O–H groups in total. The van der Waals surface area contributed by atoms with Crippen molar-refractivity contribution in [1.82, 2.24) is 4.98 Å². The predicted molar refractivity (Wildman–Crippen MR) is 67.8 cm³/mol. The van der Waals surface area contributed by atoms with Crippen LogP contribution in [0, 0.1) is 5.92 Å². The summed E-state index contributed by atoms with van der Waals surface area (Å²) in [5, 5.41) is 3.48. The van der Waals surface area contributed by atoms with Crippen LogP contribution in [0.1, 0.15) is 55.6 Å². The van der Waals surface area contributed by atoms with Gasteiger partial charge in [0.25, 0.3) is 0 Å². The lowest BCUT2D eigenvalue weighted by molar-refractivity contribution is 0.181. The number of ether oxygens (including phenoxy) is 1. The third-order valence-corrected chi connectivity index (χ3v) is 4.69. The van der Waals surface area contributed by atoms with Crippen LogP contribution in [0.3, 0.4) is 0 Å². The lowest BCUT2D eigenvalue weighted by Gasteiger charge is -2.26. The van der Waals surface area contributed by atoms with Crippen molar-refractivity contribution in [3.8, 4) is 0 Å². The summed E-state index contributed by atoms with van der Waals surface area (Å²) >= 11 is 1.81. The Balaban J connectivity index is 1.92. The molecule has 0 saturated heterocycles. The van der Waals surface area contributed by atoms with Crippen molar-refractivity contribution in [3.05, 3.63) is 16.1 Å². The summed E-state index contributed by atoms with van der Waals surface area (Å²) in [5.41, 5.74) is 1.10. The fraction of sp³-hybridized carbons (Fsp3) is 0.769. The van der Waals surface area contributed by atoms with Crippen molar-refractivity contribution in [2.45, 2.75) is 51.6 Å². The molecule has 1 aromatic heterocycles. The van der Waals surface area contributed by atoms with E-state index in [0.29, 0.717) is 6.61 Å². The molecule has 0 atom stereocenters. The van der Waals surface area contributed by atoms with Crippen LogP contribution >= 0.6 is 11.3 Å². The first-order valence-corrected chi connectivity index (χ1v) is 7.14. The maximum atomic E-state index is 5.11. The zero-order valence-electron chi connectivity index (χ0n) is 10.2. The monoisotopic (exact) mass is 239 g/mol. The molecule has 1 aromatic rings. The number of hydrogen-bond acceptors (Lipinski definition) is 3. The smallest absolute Gasteiger partial charge is 0.0960 e. The Morgan fingerprint density at radius 3 is 2.75 bits per heavy atom. The first-order chi connectivity index (χ1) is 7.83. The zero-order valence-corrected chi connectivity index (χ0v) is 11.1. The van der Waals surface area contributed by atoms with Crippen LogP contribution < -0.4 is 0 Å². The van der Waals surface area contributed by atoms with Crippen molar-refractivity contribution in [2.24, 2.45) is 5.92 Å². The van der Waals surface area contributed by atoms with Gasteiger partial charge in [-0.15, -0.1) is 11.3 Å². The Morgan fingerprint density at radius 1 is 1.38 bits per heavy atom. The highest BCUT2D eigenvalue weighted by atomic mass is 32.1. The van der Waals surface area contributed by atoms with Crippen LogP contribution in [-0.2, 0) is 11.3 Å². The van der Waals surface area contributed by atoms with Crippen molar-refractivity contribution in [3.63, 3.8) is 0 Å². The lowest BCUT2D eigenvalue weighted by Crippen LogP contribution is -2.12. The number of nitrogens with zero attached hydrogens (tertiary/aromatic N) is 1. The van der Waals surface area contributed by atoms with E-state index in [2.05, 4.69) is 17.3 Å². The summed E-state index contributed by atoms with van der Waals surface area (Å²) in [7, 11) is 1.73. The fourth-order valence-corrected chi connectivity index (χ4v) is 3.52. The van der Waals surface area contributed by atoms with Gasteiger partial charge in [-0.2, -0.15) is 0 Å². The summed E-state index contributed by atoms with van der Waals surface area (Å²) in [6.07, 6.45) is 6.79. The van der Waals surface area contributed by atoms with Crippen molar-refractivity contribution < 1.29 is 4.74 Å². The number of rotatable bonds is 4. The Labute approximate surface area is 102 Å². The lowest BCUT2D eigenvalue weighted by atomic mass is 9.81. The molecule has 90 valence electrons. The molecular weight excluding hydrogens is 218 g/mol. The van der Waals surface area contributed by atoms with E-state index in [4.69, 9.17) is 4.74 Å². The van der Waals surface area contributed by atoms with Crippen LogP contribution in [0.5, 0.6) is 0 Å². The summed E-state index contributed by atoms with van der Waals surface area (Å²) in [6, 6.07) is 0. The van der Waals surface area contributed by atoms with Gasteiger partial charge in [0.1, 0.15) is 0 Å². The molecule has 1 saturated carbocycles. The second-order valence-corrected chi connectivity index (χ2v) is 5.63. The minimum atomic E-state index is 0.654. The van der Waals surface area contributed by atoms with Gasteiger partial charge >= 0.3 is 0 Å². The van der Waals surface area contributed by atoms with E-state index in [1.165, 1.54) is 37.1 Å². The third-order valence-electron chi connectivity index (χ3n) is 3.64. The summed E-state index contributed by atoms with van der Waals surface area (Å²) in [6.45, 7) is 2.96. The van der Waals surface area contributed by atoms with Gasteiger partial charge in [-0.1, -0.05) is 13.3 Å². The average molecular weight is 239 g/mol. The number of hydrogen-bond donors (Lipinski definition) is 0. The maximum absolute atomic E-state index is 5.11. The quantitative estimate of drug-likeness (QED) is 0.793. The number of methoxy groups -OCH3 is 1. The van der Waals surface area contributed by atoms with Gasteiger partial charge < -0.3 is 4.74 Å². The molecule has 0 unspecified atom stereocenters. The second kappa shape index (κ2) is 5.78. The van der Waals surface area contributed by atoms with E-state index in [1.54, 1.807) is 7.11 Å². The van der Waals surface area contributed by atoms with Gasteiger partial charge in [0, 0.05) is 18.4 Å². The van der Waals surface area contributed by atoms with Gasteiger partial charge in [0.05, 0.1) is 17.3 Å². The fourth-order valence-electron chi connectivity index (χ4n) is 2.54. The summed E-state index contributed by atoms with van der Waals surface area (Å²) < 4.78 is 5.11. The second-order valence-electron chi connectivity index (χ2n) is 4.74. The summed E-state index contributed by atoms with van der Waals surface area (Å²) in [4.78, 5) is 4.67. The highest BCUT2D eigenvalue weighted by Crippen LogP contribution is 2.37. The molecule has 2 nitrogen and oxygen atoms in total. The van der Waals surface area contributed by atoms with Crippen LogP contribution in [0.25, 0.3) is 0 Å². The molecule has 0 spiro atoms. The number of thiazole rings is 1. The largest absolute Gasteiger partial charge is 0.378 e. The Morgan fingerprint density at radius 2 is 2.12 bits per heavy atom. The van der Waals surface area contributed by atoms with Crippen LogP contribution in [0.4, 0.5) is 0 Å². The molecule has 1 heterocycles. The van der Waals surface area contributed by atoms with E-state index >= 15 is 0 Å². The Hall–Kier alpha value is -0.410. The van der Waals surface area contributed by atoms with E-state index in [1.807, 2.05) is 11.3 Å². The SMILES string of the molecule is CCC1CCC(c2nc(COC)cs2)CC1. The summed E-state index contributed by atoms with van der Waals surface area (Å²) in [5.74, 6) is 1.69. The molecule has 0 aromatic carbocycles. The van der Waals surface area contributed by atoms with Gasteiger partial charge in [-0.25, -0.2) is 4.98 Å². The minimum Gasteiger partial charge on any atom is -0.378 e. The molecular formula is C13H21NOS. The van der Waals surface area contributed by atoms with Crippen molar-refractivity contribution >= 4 is 11.3 Å². The molecule has 0 aliphatic heterocycles. The van der Waals surface area contributed by atoms with Crippen molar-refractivity contribution in [2.75, 3.05) is 7.11 Å². The minimum absolute atomic E-state index is 0.654. The standard InChI is InChI=1S/C13H21NOS/c1-3-10-4-6-11(7-5-10)13-14-12(8-15-2)9-16-13/h9-11H,3-8H2,1-2H3. The highest BCUT2D eigenvalue weighted by Gasteiger charge is 2.23. The van der Waals surface area contributed by atoms with Crippen LogP contribution in [0.2, 0.25) is 0 Å². The molecule has 0 bridgehead atoms. The number of aromatic nitrogens is 1. The van der Waals surface area contributed by atoms with Crippen LogP contribution in [-0.4, -0.2) is 12.1 Å². The Kier molecular flexibility index (Phi) is 4.36.